The van der Waals surface area contributed by atoms with Gasteiger partial charge in [-0.3, -0.25) is 9.69 Å². The number of ether oxygens (including phenoxy) is 2. The molecule has 0 unspecified atom stereocenters. The first-order chi connectivity index (χ1) is 14.2. The van der Waals surface area contributed by atoms with E-state index in [0.29, 0.717) is 30.3 Å². The highest BCUT2D eigenvalue weighted by Crippen LogP contribution is 2.28. The first kappa shape index (κ1) is 22.3. The number of carbonyl (C=O) groups excluding carboxylic acids is 1. The fraction of sp³-hybridized carbons (Fsp3) is 0.381. The molecule has 0 saturated carbocycles. The zero-order valence-electron chi connectivity index (χ0n) is 16.4. The molecule has 1 aliphatic heterocycles. The normalized spacial score (nSPS) is 22.0. The highest BCUT2D eigenvalue weighted by atomic mass is 35.5. The Kier molecular flexibility index (Phi) is 7.12. The largest absolute Gasteiger partial charge is 0.486 e. The van der Waals surface area contributed by atoms with E-state index in [1.165, 1.54) is 18.2 Å². The second kappa shape index (κ2) is 9.59. The number of likely N-dealkylation sites (tertiary alicyclic amines) is 1. The van der Waals surface area contributed by atoms with Crippen molar-refractivity contribution < 1.29 is 28.2 Å². The van der Waals surface area contributed by atoms with Crippen LogP contribution in [0.15, 0.2) is 48.5 Å². The highest BCUT2D eigenvalue weighted by Gasteiger charge is 2.39. The third-order valence-electron chi connectivity index (χ3n) is 4.87. The minimum absolute atomic E-state index is 0.00843. The van der Waals surface area contributed by atoms with Gasteiger partial charge >= 0.3 is 6.61 Å². The van der Waals surface area contributed by atoms with Crippen molar-refractivity contribution in [3.05, 3.63) is 53.6 Å². The topological polar surface area (TPSA) is 71.0 Å². The van der Waals surface area contributed by atoms with Crippen LogP contribution in [0, 0.1) is 0 Å². The molecule has 6 nitrogen and oxygen atoms in total. The van der Waals surface area contributed by atoms with Crippen LogP contribution in [0.4, 0.5) is 14.5 Å². The number of nitrogens with one attached hydrogen (secondary N) is 1. The van der Waals surface area contributed by atoms with Gasteiger partial charge in [-0.1, -0.05) is 29.8 Å². The molecule has 1 saturated heterocycles. The number of anilines is 1. The van der Waals surface area contributed by atoms with Crippen LogP contribution in [0.3, 0.4) is 0 Å². The van der Waals surface area contributed by atoms with Crippen LogP contribution in [0.25, 0.3) is 0 Å². The smallest absolute Gasteiger partial charge is 0.387 e. The average molecular weight is 441 g/mol. The first-order valence-corrected chi connectivity index (χ1v) is 9.81. The number of para-hydroxylation sites is 2. The summed E-state index contributed by atoms with van der Waals surface area (Å²) in [4.78, 5) is 14.3. The van der Waals surface area contributed by atoms with Crippen molar-refractivity contribution in [2.75, 3.05) is 25.0 Å². The lowest BCUT2D eigenvalue weighted by atomic mass is 9.90. The average Bonchev–Trinajstić information content (AvgIpc) is 2.66. The summed E-state index contributed by atoms with van der Waals surface area (Å²) in [6.07, 6.45) is -0.177. The maximum absolute atomic E-state index is 12.5. The lowest BCUT2D eigenvalue weighted by Gasteiger charge is -2.42. The predicted molar refractivity (Wildman–Crippen MR) is 109 cm³/mol. The molecule has 0 aliphatic carbocycles. The molecule has 2 atom stereocenters. The van der Waals surface area contributed by atoms with Gasteiger partial charge in [0.25, 0.3) is 0 Å². The maximum Gasteiger partial charge on any atom is 0.387 e. The van der Waals surface area contributed by atoms with Crippen molar-refractivity contribution in [2.45, 2.75) is 31.7 Å². The van der Waals surface area contributed by atoms with Crippen molar-refractivity contribution in [1.82, 2.24) is 4.90 Å². The third-order valence-corrected chi connectivity index (χ3v) is 5.11. The van der Waals surface area contributed by atoms with E-state index in [9.17, 15) is 18.7 Å². The highest BCUT2D eigenvalue weighted by molar-refractivity contribution is 6.30. The van der Waals surface area contributed by atoms with E-state index >= 15 is 0 Å². The minimum atomic E-state index is -2.99. The van der Waals surface area contributed by atoms with Gasteiger partial charge in [-0.05, 0) is 43.7 Å². The van der Waals surface area contributed by atoms with Gasteiger partial charge in [-0.15, -0.1) is 0 Å². The van der Waals surface area contributed by atoms with E-state index in [-0.39, 0.29) is 23.9 Å². The number of piperidine rings is 1. The number of alkyl halides is 2. The molecular weight excluding hydrogens is 418 g/mol. The van der Waals surface area contributed by atoms with E-state index in [0.717, 1.165) is 0 Å². The molecule has 3 rings (SSSR count). The molecule has 1 fully saturated rings. The molecule has 2 N–H and O–H groups in total. The summed E-state index contributed by atoms with van der Waals surface area (Å²) in [5.41, 5.74) is -0.911. The lowest BCUT2D eigenvalue weighted by Crippen LogP contribution is -2.57. The molecule has 1 aliphatic rings. The fourth-order valence-electron chi connectivity index (χ4n) is 3.24. The van der Waals surface area contributed by atoms with E-state index in [1.807, 2.05) is 4.90 Å². The van der Waals surface area contributed by atoms with E-state index in [2.05, 4.69) is 10.1 Å². The summed E-state index contributed by atoms with van der Waals surface area (Å²) in [5, 5.41) is 13.8. The van der Waals surface area contributed by atoms with Crippen LogP contribution < -0.4 is 14.8 Å². The number of hydrogen-bond acceptors (Lipinski definition) is 5. The molecule has 9 heteroatoms. The molecular formula is C21H23ClF2N2O4. The van der Waals surface area contributed by atoms with Crippen LogP contribution in [0.5, 0.6) is 11.5 Å². The summed E-state index contributed by atoms with van der Waals surface area (Å²) in [6, 6.07) is 12.9. The van der Waals surface area contributed by atoms with Crippen molar-refractivity contribution in [3.8, 4) is 11.5 Å². The standard InChI is InChI=1S/C21H23ClF2N2O4/c1-21(28)9-10-26(12-18(21)29-15-6-4-5-14(22)11-15)13-19(27)25-16-7-2-3-8-17(16)30-20(23)24/h2-8,11,18,20,28H,9-10,12-13H2,1H3,(H,25,27)/t18-,21-/m0/s1. The molecule has 0 aromatic heterocycles. The van der Waals surface area contributed by atoms with E-state index < -0.39 is 18.3 Å². The molecule has 0 radical (unpaired) electrons. The Labute approximate surface area is 178 Å². The number of carbonyl (C=O) groups is 1. The third kappa shape index (κ3) is 6.04. The van der Waals surface area contributed by atoms with E-state index in [4.69, 9.17) is 16.3 Å². The number of nitrogens with zero attached hydrogens (tertiary/aromatic N) is 1. The number of rotatable bonds is 7. The minimum Gasteiger partial charge on any atom is -0.486 e. The first-order valence-electron chi connectivity index (χ1n) is 9.43. The van der Waals surface area contributed by atoms with Crippen LogP contribution in [-0.2, 0) is 4.79 Å². The Balaban J connectivity index is 1.62. The number of benzene rings is 2. The molecule has 2 aromatic carbocycles. The summed E-state index contributed by atoms with van der Waals surface area (Å²) < 4.78 is 35.4. The molecule has 1 heterocycles. The Hall–Kier alpha value is -2.42. The molecule has 0 bridgehead atoms. The van der Waals surface area contributed by atoms with Crippen molar-refractivity contribution in [2.24, 2.45) is 0 Å². The number of aliphatic hydroxyl groups is 1. The molecule has 30 heavy (non-hydrogen) atoms. The predicted octanol–water partition coefficient (Wildman–Crippen LogP) is 3.78. The maximum atomic E-state index is 12.5. The van der Waals surface area contributed by atoms with Gasteiger partial charge in [0.05, 0.1) is 12.2 Å². The molecule has 162 valence electrons. The van der Waals surface area contributed by atoms with Gasteiger partial charge in [0.15, 0.2) is 0 Å². The van der Waals surface area contributed by atoms with Gasteiger partial charge in [0.2, 0.25) is 5.91 Å². The summed E-state index contributed by atoms with van der Waals surface area (Å²) >= 11 is 5.99. The molecule has 0 spiro atoms. The van der Waals surface area contributed by atoms with Crippen LogP contribution in [-0.4, -0.2) is 53.9 Å². The van der Waals surface area contributed by atoms with Crippen molar-refractivity contribution in [1.29, 1.82) is 0 Å². The van der Waals surface area contributed by atoms with Gasteiger partial charge in [0, 0.05) is 18.1 Å². The van der Waals surface area contributed by atoms with Gasteiger partial charge in [0.1, 0.15) is 23.2 Å². The Morgan fingerprint density at radius 2 is 2.10 bits per heavy atom. The van der Waals surface area contributed by atoms with Crippen molar-refractivity contribution >= 4 is 23.2 Å². The van der Waals surface area contributed by atoms with Crippen molar-refractivity contribution in [3.63, 3.8) is 0 Å². The van der Waals surface area contributed by atoms with Crippen LogP contribution >= 0.6 is 11.6 Å². The fourth-order valence-corrected chi connectivity index (χ4v) is 3.42. The lowest BCUT2D eigenvalue weighted by molar-refractivity contribution is -0.123. The number of halogens is 3. The SMILES string of the molecule is C[C@]1(O)CCN(CC(=O)Nc2ccccc2OC(F)F)C[C@@H]1Oc1cccc(Cl)c1. The summed E-state index contributed by atoms with van der Waals surface area (Å²) in [6.45, 7) is -0.504. The Morgan fingerprint density at radius 1 is 1.33 bits per heavy atom. The summed E-state index contributed by atoms with van der Waals surface area (Å²) in [5.74, 6) is 0.0325. The Bertz CT molecular complexity index is 882. The van der Waals surface area contributed by atoms with E-state index in [1.54, 1.807) is 37.3 Å². The molecule has 1 amide bonds. The quantitative estimate of drug-likeness (QED) is 0.685. The van der Waals surface area contributed by atoms with Gasteiger partial charge in [-0.25, -0.2) is 0 Å². The monoisotopic (exact) mass is 440 g/mol. The molecule has 2 aromatic rings. The van der Waals surface area contributed by atoms with Gasteiger partial charge in [-0.2, -0.15) is 8.78 Å². The second-order valence-electron chi connectivity index (χ2n) is 7.33. The summed E-state index contributed by atoms with van der Waals surface area (Å²) in [7, 11) is 0. The second-order valence-corrected chi connectivity index (χ2v) is 7.77. The van der Waals surface area contributed by atoms with Gasteiger partial charge < -0.3 is 19.9 Å². The van der Waals surface area contributed by atoms with Crippen LogP contribution in [0.1, 0.15) is 13.3 Å². The Morgan fingerprint density at radius 3 is 2.83 bits per heavy atom. The number of amides is 1. The number of hydrogen-bond donors (Lipinski definition) is 2. The zero-order valence-corrected chi connectivity index (χ0v) is 17.1. The van der Waals surface area contributed by atoms with Crippen LogP contribution in [0.2, 0.25) is 5.02 Å². The zero-order chi connectivity index (χ0) is 21.7.